The van der Waals surface area contributed by atoms with E-state index >= 15 is 0 Å². The van der Waals surface area contributed by atoms with E-state index < -0.39 is 0 Å². The van der Waals surface area contributed by atoms with E-state index in [4.69, 9.17) is 10.5 Å². The topological polar surface area (TPSA) is 106 Å². The highest BCUT2D eigenvalue weighted by Gasteiger charge is 2.25. The van der Waals surface area contributed by atoms with Crippen LogP contribution in [-0.4, -0.2) is 23.8 Å². The molecule has 1 unspecified atom stereocenters. The number of carbonyl (C=O) groups is 2. The molecule has 0 fully saturated rings. The Morgan fingerprint density at radius 3 is 2.59 bits per heavy atom. The van der Waals surface area contributed by atoms with Crippen LogP contribution in [0.5, 0.6) is 11.5 Å². The third-order valence-electron chi connectivity index (χ3n) is 5.66. The minimum atomic E-state index is -0.271. The molecule has 1 heterocycles. The molecule has 0 radical (unpaired) electrons. The Bertz CT molecular complexity index is 1130. The van der Waals surface area contributed by atoms with Gasteiger partial charge in [0.25, 0.3) is 5.91 Å². The van der Waals surface area contributed by atoms with Crippen molar-refractivity contribution in [1.82, 2.24) is 10.3 Å². The first-order chi connectivity index (χ1) is 15.6. The van der Waals surface area contributed by atoms with Gasteiger partial charge in [0.15, 0.2) is 0 Å². The first-order valence-corrected chi connectivity index (χ1v) is 10.6. The summed E-state index contributed by atoms with van der Waals surface area (Å²) >= 11 is 0. The first-order valence-electron chi connectivity index (χ1n) is 10.6. The molecule has 4 rings (SSSR count). The van der Waals surface area contributed by atoms with Gasteiger partial charge < -0.3 is 21.1 Å². The second kappa shape index (κ2) is 9.62. The van der Waals surface area contributed by atoms with Crippen molar-refractivity contribution in [3.8, 4) is 11.5 Å². The molecule has 7 nitrogen and oxygen atoms in total. The summed E-state index contributed by atoms with van der Waals surface area (Å²) < 4.78 is 5.96. The molecule has 1 atom stereocenters. The summed E-state index contributed by atoms with van der Waals surface area (Å²) in [7, 11) is 1.56. The summed E-state index contributed by atoms with van der Waals surface area (Å²) in [5.41, 5.74) is 10.1. The number of anilines is 1. The molecule has 32 heavy (non-hydrogen) atoms. The number of benzene rings is 2. The zero-order chi connectivity index (χ0) is 22.5. The molecule has 1 aliphatic rings. The van der Waals surface area contributed by atoms with Gasteiger partial charge in [0.05, 0.1) is 0 Å². The van der Waals surface area contributed by atoms with Gasteiger partial charge in [-0.3, -0.25) is 14.6 Å². The number of aryl methyl sites for hydroxylation is 1. The van der Waals surface area contributed by atoms with Crippen molar-refractivity contribution in [3.05, 3.63) is 83.2 Å². The highest BCUT2D eigenvalue weighted by molar-refractivity contribution is 5.93. The van der Waals surface area contributed by atoms with Crippen LogP contribution in [0.15, 0.2) is 60.8 Å². The zero-order valence-corrected chi connectivity index (χ0v) is 17.9. The van der Waals surface area contributed by atoms with Crippen LogP contribution >= 0.6 is 0 Å². The molecule has 1 aliphatic carbocycles. The second-order valence-corrected chi connectivity index (χ2v) is 7.82. The van der Waals surface area contributed by atoms with Crippen molar-refractivity contribution in [2.24, 2.45) is 11.7 Å². The summed E-state index contributed by atoms with van der Waals surface area (Å²) in [6.45, 7) is 0.477. The molecule has 0 saturated carbocycles. The zero-order valence-electron chi connectivity index (χ0n) is 17.9. The molecule has 7 heteroatoms. The number of rotatable bonds is 6. The molecular formula is C25H26N4O3. The highest BCUT2D eigenvalue weighted by Crippen LogP contribution is 2.31. The molecule has 3 aromatic rings. The van der Waals surface area contributed by atoms with Crippen LogP contribution in [0.2, 0.25) is 0 Å². The van der Waals surface area contributed by atoms with Gasteiger partial charge in [-0.1, -0.05) is 18.2 Å². The number of amides is 2. The van der Waals surface area contributed by atoms with Gasteiger partial charge in [-0.05, 0) is 66.3 Å². The van der Waals surface area contributed by atoms with E-state index in [2.05, 4.69) is 15.6 Å². The van der Waals surface area contributed by atoms with E-state index in [1.807, 2.05) is 42.5 Å². The maximum atomic E-state index is 12.8. The van der Waals surface area contributed by atoms with E-state index in [0.717, 1.165) is 29.7 Å². The van der Waals surface area contributed by atoms with Crippen molar-refractivity contribution in [2.45, 2.75) is 25.8 Å². The summed E-state index contributed by atoms with van der Waals surface area (Å²) in [6, 6.07) is 16.8. The molecule has 2 aromatic carbocycles. The quantitative estimate of drug-likeness (QED) is 0.555. The lowest BCUT2D eigenvalue weighted by Crippen LogP contribution is -2.28. The van der Waals surface area contributed by atoms with Crippen molar-refractivity contribution >= 4 is 17.5 Å². The Morgan fingerprint density at radius 2 is 1.84 bits per heavy atom. The van der Waals surface area contributed by atoms with E-state index in [9.17, 15) is 9.59 Å². The maximum Gasteiger partial charge on any atom is 0.269 e. The number of pyridine rings is 1. The second-order valence-electron chi connectivity index (χ2n) is 7.82. The standard InChI is InChI=1S/C25H26N4O3/c1-27-25(31)23-14-22(10-11-28-23)32-21-9-6-17-4-5-18(12-19(17)13-21)24(30)29-20-7-2-16(15-26)3-8-20/h2-3,6-11,13-14,18H,4-5,12,15,26H2,1H3,(H,27,31)(H,29,30). The number of nitrogens with one attached hydrogen (secondary N) is 2. The number of carbonyl (C=O) groups excluding carboxylic acids is 2. The van der Waals surface area contributed by atoms with Crippen molar-refractivity contribution in [2.75, 3.05) is 12.4 Å². The Balaban J connectivity index is 1.44. The summed E-state index contributed by atoms with van der Waals surface area (Å²) in [5, 5.41) is 5.57. The molecule has 0 spiro atoms. The van der Waals surface area contributed by atoms with Crippen molar-refractivity contribution < 1.29 is 14.3 Å². The SMILES string of the molecule is CNC(=O)c1cc(Oc2ccc3c(c2)CC(C(=O)Nc2ccc(CN)cc2)CC3)ccn1. The summed E-state index contributed by atoms with van der Waals surface area (Å²) in [6.07, 6.45) is 3.84. The van der Waals surface area contributed by atoms with E-state index in [0.29, 0.717) is 30.2 Å². The smallest absolute Gasteiger partial charge is 0.269 e. The van der Waals surface area contributed by atoms with Crippen molar-refractivity contribution in [1.29, 1.82) is 0 Å². The van der Waals surface area contributed by atoms with Crippen LogP contribution in [-0.2, 0) is 24.2 Å². The molecule has 1 aromatic heterocycles. The Morgan fingerprint density at radius 1 is 1.06 bits per heavy atom. The normalized spacial score (nSPS) is 14.9. The third-order valence-corrected chi connectivity index (χ3v) is 5.66. The summed E-state index contributed by atoms with van der Waals surface area (Å²) in [4.78, 5) is 28.7. The van der Waals surface area contributed by atoms with E-state index in [1.165, 1.54) is 5.56 Å². The average molecular weight is 431 g/mol. The van der Waals surface area contributed by atoms with Crippen LogP contribution in [0.25, 0.3) is 0 Å². The molecule has 2 amide bonds. The maximum absolute atomic E-state index is 12.8. The average Bonchev–Trinajstić information content (AvgIpc) is 2.83. The number of ether oxygens (including phenoxy) is 1. The molecule has 0 aliphatic heterocycles. The van der Waals surface area contributed by atoms with Crippen LogP contribution in [0, 0.1) is 5.92 Å². The highest BCUT2D eigenvalue weighted by atomic mass is 16.5. The van der Waals surface area contributed by atoms with Gasteiger partial charge in [-0.2, -0.15) is 0 Å². The Kier molecular flexibility index (Phi) is 6.47. The van der Waals surface area contributed by atoms with Gasteiger partial charge in [-0.25, -0.2) is 0 Å². The van der Waals surface area contributed by atoms with Gasteiger partial charge in [0, 0.05) is 37.5 Å². The Labute approximate surface area is 187 Å². The van der Waals surface area contributed by atoms with Gasteiger partial charge in [-0.15, -0.1) is 0 Å². The predicted molar refractivity (Wildman–Crippen MR) is 123 cm³/mol. The van der Waals surface area contributed by atoms with E-state index in [-0.39, 0.29) is 17.7 Å². The van der Waals surface area contributed by atoms with Gasteiger partial charge >= 0.3 is 0 Å². The fourth-order valence-electron chi connectivity index (χ4n) is 3.85. The number of hydrogen-bond donors (Lipinski definition) is 3. The van der Waals surface area contributed by atoms with Gasteiger partial charge in [0.2, 0.25) is 5.91 Å². The van der Waals surface area contributed by atoms with Crippen molar-refractivity contribution in [3.63, 3.8) is 0 Å². The van der Waals surface area contributed by atoms with Crippen LogP contribution in [0.4, 0.5) is 5.69 Å². The number of nitrogens with zero attached hydrogens (tertiary/aromatic N) is 1. The van der Waals surface area contributed by atoms with Crippen LogP contribution in [0.1, 0.15) is 33.6 Å². The summed E-state index contributed by atoms with van der Waals surface area (Å²) in [5.74, 6) is 0.841. The fourth-order valence-corrected chi connectivity index (χ4v) is 3.85. The number of aromatic nitrogens is 1. The fraction of sp³-hybridized carbons (Fsp3) is 0.240. The molecule has 4 N–H and O–H groups in total. The third kappa shape index (κ3) is 4.95. The Hall–Kier alpha value is -3.71. The lowest BCUT2D eigenvalue weighted by atomic mass is 9.83. The largest absolute Gasteiger partial charge is 0.457 e. The number of nitrogens with two attached hydrogens (primary N) is 1. The first kappa shape index (κ1) is 21.5. The lowest BCUT2D eigenvalue weighted by Gasteiger charge is -2.24. The number of fused-ring (bicyclic) bond motifs is 1. The van der Waals surface area contributed by atoms with Crippen LogP contribution < -0.4 is 21.1 Å². The lowest BCUT2D eigenvalue weighted by molar-refractivity contribution is -0.120. The van der Waals surface area contributed by atoms with E-state index in [1.54, 1.807) is 25.4 Å². The molecular weight excluding hydrogens is 404 g/mol. The molecule has 164 valence electrons. The minimum absolute atomic E-state index is 0.0202. The molecule has 0 bridgehead atoms. The van der Waals surface area contributed by atoms with Crippen LogP contribution in [0.3, 0.4) is 0 Å². The minimum Gasteiger partial charge on any atom is -0.457 e. The monoisotopic (exact) mass is 430 g/mol. The molecule has 0 saturated heterocycles. The van der Waals surface area contributed by atoms with Gasteiger partial charge in [0.1, 0.15) is 17.2 Å². The predicted octanol–water partition coefficient (Wildman–Crippen LogP) is 3.44. The number of hydrogen-bond acceptors (Lipinski definition) is 5.